The van der Waals surface area contributed by atoms with E-state index >= 15 is 0 Å². The first-order chi connectivity index (χ1) is 9.26. The predicted molar refractivity (Wildman–Crippen MR) is 82.5 cm³/mol. The average Bonchev–Trinajstić information content (AvgIpc) is 2.48. The molecular weight excluding hydrogens is 232 g/mol. The van der Waals surface area contributed by atoms with Gasteiger partial charge in [-0.15, -0.1) is 0 Å². The van der Waals surface area contributed by atoms with Crippen LogP contribution in [0.5, 0.6) is 5.75 Å². The molecule has 1 nitrogen and oxygen atoms in total. The largest absolute Gasteiger partial charge is 0.489 e. The minimum absolute atomic E-state index is 0.629. The van der Waals surface area contributed by atoms with Crippen LogP contribution in [0.2, 0.25) is 0 Å². The molecule has 0 amide bonds. The number of unbranched alkanes of at least 4 members (excludes halogenated alkanes) is 1. The van der Waals surface area contributed by atoms with Crippen molar-refractivity contribution in [2.75, 3.05) is 0 Å². The van der Waals surface area contributed by atoms with E-state index in [-0.39, 0.29) is 0 Å². The summed E-state index contributed by atoms with van der Waals surface area (Å²) < 4.78 is 5.65. The molecule has 1 heteroatoms. The second-order valence-corrected chi connectivity index (χ2v) is 4.59. The summed E-state index contributed by atoms with van der Waals surface area (Å²) >= 11 is 0. The van der Waals surface area contributed by atoms with Crippen molar-refractivity contribution >= 4 is 0 Å². The monoisotopic (exact) mass is 256 g/mol. The Hall–Kier alpha value is -1.76. The highest BCUT2D eigenvalue weighted by molar-refractivity contribution is 5.26. The van der Waals surface area contributed by atoms with Crippen molar-refractivity contribution in [2.45, 2.75) is 40.2 Å². The van der Waals surface area contributed by atoms with E-state index in [1.165, 1.54) is 24.0 Å². The summed E-state index contributed by atoms with van der Waals surface area (Å²) in [6, 6.07) is 18.3. The maximum Gasteiger partial charge on any atom is 0.119 e. The number of rotatable bonds is 4. The van der Waals surface area contributed by atoms with Crippen molar-refractivity contribution in [3.05, 3.63) is 65.7 Å². The van der Waals surface area contributed by atoms with Crippen LogP contribution in [-0.4, -0.2) is 0 Å². The lowest BCUT2D eigenvalue weighted by Crippen LogP contribution is -1.94. The lowest BCUT2D eigenvalue weighted by molar-refractivity contribution is 0.306. The third kappa shape index (κ3) is 6.66. The van der Waals surface area contributed by atoms with Crippen LogP contribution in [0.25, 0.3) is 0 Å². The number of ether oxygens (including phenoxy) is 1. The van der Waals surface area contributed by atoms with Gasteiger partial charge >= 0.3 is 0 Å². The van der Waals surface area contributed by atoms with Gasteiger partial charge in [-0.05, 0) is 24.6 Å². The second kappa shape index (κ2) is 9.21. The summed E-state index contributed by atoms with van der Waals surface area (Å²) in [4.78, 5) is 0. The second-order valence-electron chi connectivity index (χ2n) is 4.59. The van der Waals surface area contributed by atoms with E-state index < -0.39 is 0 Å². The van der Waals surface area contributed by atoms with E-state index in [0.717, 1.165) is 5.75 Å². The van der Waals surface area contributed by atoms with E-state index in [1.807, 2.05) is 30.3 Å². The fourth-order valence-corrected chi connectivity index (χ4v) is 1.38. The molecule has 2 aromatic carbocycles. The lowest BCUT2D eigenvalue weighted by atomic mass is 10.2. The Bertz CT molecular complexity index is 429. The highest BCUT2D eigenvalue weighted by atomic mass is 16.5. The minimum Gasteiger partial charge on any atom is -0.489 e. The van der Waals surface area contributed by atoms with Crippen LogP contribution in [0, 0.1) is 6.92 Å². The fraction of sp³-hybridized carbons (Fsp3) is 0.333. The first-order valence-corrected chi connectivity index (χ1v) is 6.99. The van der Waals surface area contributed by atoms with Gasteiger partial charge in [-0.2, -0.15) is 0 Å². The first-order valence-electron chi connectivity index (χ1n) is 6.99. The molecule has 0 N–H and O–H groups in total. The van der Waals surface area contributed by atoms with E-state index in [9.17, 15) is 0 Å². The Labute approximate surface area is 117 Å². The standard InChI is InChI=1S/C14H14O.C4H10/c1-12-7-9-14(10-8-12)15-11-13-5-3-2-4-6-13;1-3-4-2/h2-10H,11H2,1H3;3-4H2,1-2H3. The van der Waals surface area contributed by atoms with Crippen molar-refractivity contribution in [1.82, 2.24) is 0 Å². The Kier molecular flexibility index (Phi) is 7.41. The Morgan fingerprint density at radius 3 is 1.89 bits per heavy atom. The van der Waals surface area contributed by atoms with E-state index in [4.69, 9.17) is 4.74 Å². The van der Waals surface area contributed by atoms with Crippen molar-refractivity contribution in [3.63, 3.8) is 0 Å². The molecule has 2 rings (SSSR count). The van der Waals surface area contributed by atoms with E-state index in [1.54, 1.807) is 0 Å². The Morgan fingerprint density at radius 1 is 0.789 bits per heavy atom. The van der Waals surface area contributed by atoms with Gasteiger partial charge in [0.05, 0.1) is 0 Å². The van der Waals surface area contributed by atoms with Crippen LogP contribution >= 0.6 is 0 Å². The zero-order chi connectivity index (χ0) is 13.9. The molecule has 0 unspecified atom stereocenters. The molecule has 0 aliphatic carbocycles. The third-order valence-corrected chi connectivity index (χ3v) is 2.77. The molecule has 0 heterocycles. The van der Waals surface area contributed by atoms with Gasteiger partial charge in [-0.3, -0.25) is 0 Å². The molecule has 2 aromatic rings. The Balaban J connectivity index is 0.000000399. The van der Waals surface area contributed by atoms with Crippen LogP contribution in [0.4, 0.5) is 0 Å². The van der Waals surface area contributed by atoms with Crippen LogP contribution in [0.1, 0.15) is 37.8 Å². The Morgan fingerprint density at radius 2 is 1.37 bits per heavy atom. The number of aryl methyl sites for hydroxylation is 1. The van der Waals surface area contributed by atoms with Gasteiger partial charge in [-0.1, -0.05) is 74.7 Å². The van der Waals surface area contributed by atoms with Gasteiger partial charge in [0.25, 0.3) is 0 Å². The molecule has 0 aliphatic heterocycles. The topological polar surface area (TPSA) is 9.23 Å². The van der Waals surface area contributed by atoms with Gasteiger partial charge in [-0.25, -0.2) is 0 Å². The summed E-state index contributed by atoms with van der Waals surface area (Å²) in [5.41, 5.74) is 2.44. The van der Waals surface area contributed by atoms with Crippen molar-refractivity contribution in [3.8, 4) is 5.75 Å². The van der Waals surface area contributed by atoms with E-state index in [0.29, 0.717) is 6.61 Å². The van der Waals surface area contributed by atoms with Crippen LogP contribution in [0.15, 0.2) is 54.6 Å². The zero-order valence-corrected chi connectivity index (χ0v) is 12.2. The number of hydrogen-bond acceptors (Lipinski definition) is 1. The molecule has 19 heavy (non-hydrogen) atoms. The van der Waals surface area contributed by atoms with Gasteiger partial charge < -0.3 is 4.74 Å². The summed E-state index contributed by atoms with van der Waals surface area (Å²) in [7, 11) is 0. The quantitative estimate of drug-likeness (QED) is 0.713. The average molecular weight is 256 g/mol. The van der Waals surface area contributed by atoms with Crippen molar-refractivity contribution < 1.29 is 4.74 Å². The summed E-state index contributed by atoms with van der Waals surface area (Å²) in [5, 5.41) is 0. The molecule has 0 radical (unpaired) electrons. The molecule has 0 bridgehead atoms. The number of benzene rings is 2. The molecule has 0 aromatic heterocycles. The van der Waals surface area contributed by atoms with Gasteiger partial charge in [0.2, 0.25) is 0 Å². The van der Waals surface area contributed by atoms with Gasteiger partial charge in [0, 0.05) is 0 Å². The summed E-state index contributed by atoms with van der Waals surface area (Å²) in [5.74, 6) is 0.921. The van der Waals surface area contributed by atoms with Crippen molar-refractivity contribution in [2.24, 2.45) is 0 Å². The SMILES string of the molecule is CCCC.Cc1ccc(OCc2ccccc2)cc1. The van der Waals surface area contributed by atoms with Crippen LogP contribution in [-0.2, 0) is 6.61 Å². The smallest absolute Gasteiger partial charge is 0.119 e. The van der Waals surface area contributed by atoms with Crippen molar-refractivity contribution in [1.29, 1.82) is 0 Å². The maximum atomic E-state index is 5.65. The lowest BCUT2D eigenvalue weighted by Gasteiger charge is -2.06. The molecule has 102 valence electrons. The van der Waals surface area contributed by atoms with Gasteiger partial charge in [0.1, 0.15) is 12.4 Å². The third-order valence-electron chi connectivity index (χ3n) is 2.77. The van der Waals surface area contributed by atoms with Gasteiger partial charge in [0.15, 0.2) is 0 Å². The highest BCUT2D eigenvalue weighted by Crippen LogP contribution is 2.13. The van der Waals surface area contributed by atoms with E-state index in [2.05, 4.69) is 45.0 Å². The minimum atomic E-state index is 0.629. The summed E-state index contributed by atoms with van der Waals surface area (Å²) in [6.45, 7) is 7.06. The fourth-order valence-electron chi connectivity index (χ4n) is 1.38. The highest BCUT2D eigenvalue weighted by Gasteiger charge is 1.94. The molecular formula is C18H24O. The van der Waals surface area contributed by atoms with Crippen LogP contribution < -0.4 is 4.74 Å². The molecule has 0 saturated heterocycles. The molecule has 0 fully saturated rings. The molecule has 0 spiro atoms. The number of hydrogen-bond donors (Lipinski definition) is 0. The first kappa shape index (κ1) is 15.3. The normalized spacial score (nSPS) is 9.42. The molecule has 0 saturated carbocycles. The molecule has 0 atom stereocenters. The predicted octanol–water partition coefficient (Wildman–Crippen LogP) is 5.38. The maximum absolute atomic E-state index is 5.65. The molecule has 0 aliphatic rings. The summed E-state index contributed by atoms with van der Waals surface area (Å²) in [6.07, 6.45) is 2.64. The van der Waals surface area contributed by atoms with Crippen LogP contribution in [0.3, 0.4) is 0 Å². The zero-order valence-electron chi connectivity index (χ0n) is 12.2.